The van der Waals surface area contributed by atoms with E-state index in [1.54, 1.807) is 0 Å². The summed E-state index contributed by atoms with van der Waals surface area (Å²) >= 11 is 0. The van der Waals surface area contributed by atoms with Crippen LogP contribution >= 0.6 is 0 Å². The van der Waals surface area contributed by atoms with Crippen LogP contribution in [0.2, 0.25) is 0 Å². The van der Waals surface area contributed by atoms with E-state index in [9.17, 15) is 0 Å². The molecule has 28 heavy (non-hydrogen) atoms. The average molecular weight is 355 g/mol. The van der Waals surface area contributed by atoms with Crippen molar-refractivity contribution in [2.75, 3.05) is 0 Å². The normalized spacial score (nSPS) is 12.5. The van der Waals surface area contributed by atoms with Crippen molar-refractivity contribution < 1.29 is 0 Å². The molecule has 5 aromatic carbocycles. The first kappa shape index (κ1) is 14.5. The van der Waals surface area contributed by atoms with Crippen LogP contribution < -0.4 is 0 Å². The highest BCUT2D eigenvalue weighted by Gasteiger charge is 2.18. The van der Waals surface area contributed by atoms with Gasteiger partial charge in [0, 0.05) is 21.5 Å². The molecule has 0 bridgehead atoms. The lowest BCUT2D eigenvalue weighted by Crippen LogP contribution is -1.82. The molecule has 0 atom stereocenters. The fraction of sp³-hybridized carbons (Fsp3) is 0.0370. The summed E-state index contributed by atoms with van der Waals surface area (Å²) in [5, 5.41) is 10.6. The molecule has 0 fully saturated rings. The summed E-state index contributed by atoms with van der Waals surface area (Å²) in [5.41, 5.74) is 5.26. The zero-order chi connectivity index (χ0) is 18.4. The lowest BCUT2D eigenvalue weighted by molar-refractivity contribution is 1.38. The molecular weight excluding hydrogens is 338 g/mol. The molecule has 0 saturated carbocycles. The van der Waals surface area contributed by atoms with Crippen LogP contribution in [0.25, 0.3) is 59.6 Å². The molecule has 130 valence electrons. The zero-order valence-electron chi connectivity index (χ0n) is 15.5. The Kier molecular flexibility index (Phi) is 2.49. The number of fused-ring (bicyclic) bond motifs is 8. The topological polar surface area (TPSA) is 4.41 Å². The molecule has 0 amide bonds. The molecular formula is C27H17N. The fourth-order valence-electron chi connectivity index (χ4n) is 5.06. The third-order valence-corrected chi connectivity index (χ3v) is 6.27. The quantitative estimate of drug-likeness (QED) is 0.266. The summed E-state index contributed by atoms with van der Waals surface area (Å²) in [6.07, 6.45) is 0. The van der Waals surface area contributed by atoms with Gasteiger partial charge in [-0.1, -0.05) is 48.5 Å². The molecule has 0 N–H and O–H groups in total. The van der Waals surface area contributed by atoms with E-state index in [1.165, 1.54) is 65.2 Å². The predicted octanol–water partition coefficient (Wildman–Crippen LogP) is 7.45. The SMILES string of the molecule is Cc1cc2c3cc4ccccc4cc3n3c4cc5ccccc5cc4c(c1)c23. The first-order chi connectivity index (χ1) is 13.8. The van der Waals surface area contributed by atoms with Crippen LogP contribution in [0.1, 0.15) is 5.56 Å². The van der Waals surface area contributed by atoms with Gasteiger partial charge in [0.25, 0.3) is 0 Å². The van der Waals surface area contributed by atoms with Gasteiger partial charge in [-0.3, -0.25) is 0 Å². The van der Waals surface area contributed by atoms with Crippen LogP contribution in [0.15, 0.2) is 84.9 Å². The second-order valence-electron chi connectivity index (χ2n) is 7.98. The monoisotopic (exact) mass is 355 g/mol. The van der Waals surface area contributed by atoms with Gasteiger partial charge in [0.1, 0.15) is 0 Å². The van der Waals surface area contributed by atoms with E-state index in [1.807, 2.05) is 0 Å². The smallest absolute Gasteiger partial charge is 0.0620 e. The van der Waals surface area contributed by atoms with Gasteiger partial charge < -0.3 is 4.40 Å². The van der Waals surface area contributed by atoms with Gasteiger partial charge in [-0.25, -0.2) is 0 Å². The van der Waals surface area contributed by atoms with Crippen LogP contribution in [0.3, 0.4) is 0 Å². The second kappa shape index (κ2) is 4.82. The van der Waals surface area contributed by atoms with Gasteiger partial charge in [-0.2, -0.15) is 0 Å². The van der Waals surface area contributed by atoms with E-state index in [0.29, 0.717) is 0 Å². The van der Waals surface area contributed by atoms with Crippen molar-refractivity contribution in [1.29, 1.82) is 0 Å². The van der Waals surface area contributed by atoms with Crippen molar-refractivity contribution in [3.8, 4) is 0 Å². The van der Waals surface area contributed by atoms with Crippen LogP contribution in [0.4, 0.5) is 0 Å². The summed E-state index contributed by atoms with van der Waals surface area (Å²) in [4.78, 5) is 0. The summed E-state index contributed by atoms with van der Waals surface area (Å²) in [5.74, 6) is 0. The molecule has 0 spiro atoms. The second-order valence-corrected chi connectivity index (χ2v) is 7.98. The molecule has 0 aliphatic heterocycles. The minimum atomic E-state index is 1.29. The van der Waals surface area contributed by atoms with Gasteiger partial charge in [0.2, 0.25) is 0 Å². The van der Waals surface area contributed by atoms with E-state index in [2.05, 4.69) is 96.3 Å². The number of aromatic nitrogens is 1. The molecule has 7 rings (SSSR count). The Morgan fingerprint density at radius 2 is 0.929 bits per heavy atom. The number of rotatable bonds is 0. The minimum Gasteiger partial charge on any atom is -0.308 e. The number of hydrogen-bond donors (Lipinski definition) is 0. The van der Waals surface area contributed by atoms with Crippen molar-refractivity contribution in [1.82, 2.24) is 4.40 Å². The maximum atomic E-state index is 2.48. The zero-order valence-corrected chi connectivity index (χ0v) is 15.5. The molecule has 0 aliphatic carbocycles. The van der Waals surface area contributed by atoms with Crippen molar-refractivity contribution in [3.05, 3.63) is 90.5 Å². The molecule has 0 unspecified atom stereocenters. The van der Waals surface area contributed by atoms with E-state index in [-0.39, 0.29) is 0 Å². The Hall–Kier alpha value is -3.58. The summed E-state index contributed by atoms with van der Waals surface area (Å²) in [6.45, 7) is 2.21. The van der Waals surface area contributed by atoms with Gasteiger partial charge >= 0.3 is 0 Å². The number of hydrogen-bond acceptors (Lipinski definition) is 0. The highest BCUT2D eigenvalue weighted by atomic mass is 14.9. The summed E-state index contributed by atoms with van der Waals surface area (Å²) < 4.78 is 2.48. The van der Waals surface area contributed by atoms with E-state index >= 15 is 0 Å². The Bertz CT molecular complexity index is 1590. The lowest BCUT2D eigenvalue weighted by Gasteiger charge is -2.03. The standard InChI is InChI=1S/C27H17N/c1-16-10-23-21-12-17-6-2-4-8-19(17)14-25(21)28-26-15-20-9-5-3-7-18(20)13-22(26)24(11-16)27(23)28/h2-15H,1H3. The van der Waals surface area contributed by atoms with E-state index < -0.39 is 0 Å². The predicted molar refractivity (Wildman–Crippen MR) is 121 cm³/mol. The Labute approximate surface area is 161 Å². The largest absolute Gasteiger partial charge is 0.308 e. The molecule has 0 radical (unpaired) electrons. The minimum absolute atomic E-state index is 1.29. The molecule has 0 aliphatic rings. The Balaban J connectivity index is 1.84. The third-order valence-electron chi connectivity index (χ3n) is 6.27. The number of nitrogens with zero attached hydrogens (tertiary/aromatic N) is 1. The van der Waals surface area contributed by atoms with Crippen LogP contribution in [0, 0.1) is 6.92 Å². The van der Waals surface area contributed by atoms with Crippen molar-refractivity contribution >= 4 is 59.6 Å². The maximum absolute atomic E-state index is 2.48. The molecule has 1 heteroatoms. The Morgan fingerprint density at radius 1 is 0.500 bits per heavy atom. The highest BCUT2D eigenvalue weighted by Crippen LogP contribution is 2.41. The first-order valence-corrected chi connectivity index (χ1v) is 9.79. The maximum Gasteiger partial charge on any atom is 0.0620 e. The fourth-order valence-corrected chi connectivity index (χ4v) is 5.06. The molecule has 7 aromatic rings. The first-order valence-electron chi connectivity index (χ1n) is 9.79. The van der Waals surface area contributed by atoms with Crippen LogP contribution in [-0.2, 0) is 0 Å². The molecule has 0 saturated heterocycles. The van der Waals surface area contributed by atoms with Gasteiger partial charge in [0.05, 0.1) is 16.6 Å². The Morgan fingerprint density at radius 3 is 1.39 bits per heavy atom. The molecule has 2 aromatic heterocycles. The summed E-state index contributed by atoms with van der Waals surface area (Å²) in [6, 6.07) is 31.5. The van der Waals surface area contributed by atoms with Crippen LogP contribution in [-0.4, -0.2) is 4.40 Å². The number of benzene rings is 5. The van der Waals surface area contributed by atoms with Crippen LogP contribution in [0.5, 0.6) is 0 Å². The third kappa shape index (κ3) is 1.67. The van der Waals surface area contributed by atoms with Gasteiger partial charge in [-0.15, -0.1) is 0 Å². The molecule has 1 nitrogen and oxygen atoms in total. The highest BCUT2D eigenvalue weighted by molar-refractivity contribution is 6.26. The van der Waals surface area contributed by atoms with E-state index in [4.69, 9.17) is 0 Å². The summed E-state index contributed by atoms with van der Waals surface area (Å²) in [7, 11) is 0. The van der Waals surface area contributed by atoms with Gasteiger partial charge in [-0.05, 0) is 70.4 Å². The van der Waals surface area contributed by atoms with Gasteiger partial charge in [0.15, 0.2) is 0 Å². The van der Waals surface area contributed by atoms with E-state index in [0.717, 1.165) is 0 Å². The lowest BCUT2D eigenvalue weighted by atomic mass is 10.0. The van der Waals surface area contributed by atoms with Crippen molar-refractivity contribution in [2.24, 2.45) is 0 Å². The molecule has 2 heterocycles. The number of aryl methyl sites for hydroxylation is 1. The van der Waals surface area contributed by atoms with Crippen molar-refractivity contribution in [2.45, 2.75) is 6.92 Å². The average Bonchev–Trinajstić information content (AvgIpc) is 3.20. The van der Waals surface area contributed by atoms with Crippen molar-refractivity contribution in [3.63, 3.8) is 0 Å².